The van der Waals surface area contributed by atoms with Gasteiger partial charge in [0, 0.05) is 12.2 Å². The van der Waals surface area contributed by atoms with E-state index in [1.165, 1.54) is 0 Å². The SMILES string of the molecule is CCCNc1nc(OC)nc(-n2nc(CC)cc2CC)n1. The van der Waals surface area contributed by atoms with Crippen molar-refractivity contribution >= 4 is 5.95 Å². The van der Waals surface area contributed by atoms with Crippen LogP contribution in [0.3, 0.4) is 0 Å². The molecule has 2 heterocycles. The Bertz CT molecular complexity index is 595. The zero-order chi connectivity index (χ0) is 15.2. The van der Waals surface area contributed by atoms with Crippen LogP contribution >= 0.6 is 0 Å². The molecule has 0 unspecified atom stereocenters. The molecule has 21 heavy (non-hydrogen) atoms. The van der Waals surface area contributed by atoms with Crippen molar-refractivity contribution in [3.8, 4) is 12.0 Å². The van der Waals surface area contributed by atoms with Gasteiger partial charge in [-0.05, 0) is 25.3 Å². The predicted molar refractivity (Wildman–Crippen MR) is 81.0 cm³/mol. The minimum Gasteiger partial charge on any atom is -0.467 e. The third-order valence-electron chi connectivity index (χ3n) is 3.07. The average Bonchev–Trinajstić information content (AvgIpc) is 2.96. The first kappa shape index (κ1) is 15.2. The molecule has 7 heteroatoms. The molecule has 0 radical (unpaired) electrons. The fourth-order valence-electron chi connectivity index (χ4n) is 1.92. The molecule has 0 aromatic carbocycles. The Kier molecular flexibility index (Phi) is 5.08. The summed E-state index contributed by atoms with van der Waals surface area (Å²) in [5, 5.41) is 7.70. The summed E-state index contributed by atoms with van der Waals surface area (Å²) in [5.74, 6) is 0.992. The molecule has 0 aliphatic carbocycles. The van der Waals surface area contributed by atoms with Crippen molar-refractivity contribution < 1.29 is 4.74 Å². The molecule has 0 amide bonds. The first-order valence-corrected chi connectivity index (χ1v) is 7.33. The second-order valence-corrected chi connectivity index (χ2v) is 4.62. The van der Waals surface area contributed by atoms with Crippen LogP contribution in [0.25, 0.3) is 5.95 Å². The predicted octanol–water partition coefficient (Wildman–Crippen LogP) is 2.01. The topological polar surface area (TPSA) is 77.8 Å². The van der Waals surface area contributed by atoms with Crippen LogP contribution in [0.15, 0.2) is 6.07 Å². The molecule has 0 fully saturated rings. The van der Waals surface area contributed by atoms with Crippen LogP contribution in [0.1, 0.15) is 38.6 Å². The van der Waals surface area contributed by atoms with Gasteiger partial charge in [0.05, 0.1) is 12.8 Å². The lowest BCUT2D eigenvalue weighted by atomic mass is 10.3. The molecule has 2 rings (SSSR count). The zero-order valence-corrected chi connectivity index (χ0v) is 13.1. The van der Waals surface area contributed by atoms with Crippen molar-refractivity contribution in [2.24, 2.45) is 0 Å². The van der Waals surface area contributed by atoms with E-state index in [9.17, 15) is 0 Å². The molecule has 0 spiro atoms. The lowest BCUT2D eigenvalue weighted by Gasteiger charge is -2.08. The Morgan fingerprint density at radius 2 is 1.95 bits per heavy atom. The molecule has 2 aromatic heterocycles. The van der Waals surface area contributed by atoms with Crippen molar-refractivity contribution in [1.82, 2.24) is 24.7 Å². The molecule has 0 saturated heterocycles. The first-order chi connectivity index (χ1) is 10.2. The van der Waals surface area contributed by atoms with Crippen LogP contribution in [-0.2, 0) is 12.8 Å². The van der Waals surface area contributed by atoms with Gasteiger partial charge in [-0.1, -0.05) is 20.8 Å². The minimum atomic E-state index is 0.286. The van der Waals surface area contributed by atoms with Gasteiger partial charge in [0.2, 0.25) is 5.95 Å². The summed E-state index contributed by atoms with van der Waals surface area (Å²) in [7, 11) is 1.55. The molecule has 7 nitrogen and oxygen atoms in total. The van der Waals surface area contributed by atoms with Gasteiger partial charge in [-0.25, -0.2) is 4.68 Å². The molecular weight excluding hydrogens is 268 g/mol. The summed E-state index contributed by atoms with van der Waals surface area (Å²) in [6.45, 7) is 7.05. The third kappa shape index (κ3) is 3.48. The van der Waals surface area contributed by atoms with Crippen LogP contribution in [0, 0.1) is 0 Å². The summed E-state index contributed by atoms with van der Waals surface area (Å²) < 4.78 is 6.92. The smallest absolute Gasteiger partial charge is 0.322 e. The van der Waals surface area contributed by atoms with Crippen LogP contribution in [0.4, 0.5) is 5.95 Å². The molecule has 114 valence electrons. The summed E-state index contributed by atoms with van der Waals surface area (Å²) in [5.41, 5.74) is 2.09. The van der Waals surface area contributed by atoms with Crippen LogP contribution in [0.5, 0.6) is 6.01 Å². The highest BCUT2D eigenvalue weighted by atomic mass is 16.5. The van der Waals surface area contributed by atoms with Gasteiger partial charge in [0.15, 0.2) is 0 Å². The van der Waals surface area contributed by atoms with E-state index in [2.05, 4.69) is 52.2 Å². The van der Waals surface area contributed by atoms with Gasteiger partial charge in [0.1, 0.15) is 0 Å². The Labute approximate surface area is 124 Å². The quantitative estimate of drug-likeness (QED) is 0.840. The largest absolute Gasteiger partial charge is 0.467 e. The summed E-state index contributed by atoms with van der Waals surface area (Å²) in [4.78, 5) is 12.9. The maximum Gasteiger partial charge on any atom is 0.322 e. The Hall–Kier alpha value is -2.18. The highest BCUT2D eigenvalue weighted by Crippen LogP contribution is 2.14. The van der Waals surface area contributed by atoms with Gasteiger partial charge in [-0.2, -0.15) is 20.1 Å². The van der Waals surface area contributed by atoms with Gasteiger partial charge < -0.3 is 10.1 Å². The van der Waals surface area contributed by atoms with Crippen molar-refractivity contribution in [3.63, 3.8) is 0 Å². The fraction of sp³-hybridized carbons (Fsp3) is 0.571. The second-order valence-electron chi connectivity index (χ2n) is 4.62. The number of anilines is 1. The number of hydrogen-bond donors (Lipinski definition) is 1. The van der Waals surface area contributed by atoms with Gasteiger partial charge >= 0.3 is 6.01 Å². The van der Waals surface area contributed by atoms with E-state index in [0.717, 1.165) is 37.2 Å². The van der Waals surface area contributed by atoms with Gasteiger partial charge in [-0.15, -0.1) is 0 Å². The van der Waals surface area contributed by atoms with Gasteiger partial charge in [-0.3, -0.25) is 0 Å². The maximum absolute atomic E-state index is 5.16. The molecule has 0 atom stereocenters. The number of aryl methyl sites for hydroxylation is 2. The lowest BCUT2D eigenvalue weighted by molar-refractivity contribution is 0.377. The Morgan fingerprint density at radius 3 is 2.57 bits per heavy atom. The van der Waals surface area contributed by atoms with Crippen molar-refractivity contribution in [3.05, 3.63) is 17.5 Å². The number of nitrogens with one attached hydrogen (secondary N) is 1. The normalized spacial score (nSPS) is 10.7. The number of hydrogen-bond acceptors (Lipinski definition) is 6. The summed E-state index contributed by atoms with van der Waals surface area (Å²) in [6, 6.07) is 2.37. The van der Waals surface area contributed by atoms with Crippen molar-refractivity contribution in [2.45, 2.75) is 40.0 Å². The van der Waals surface area contributed by atoms with E-state index in [1.54, 1.807) is 11.8 Å². The Balaban J connectivity index is 2.44. The Morgan fingerprint density at radius 1 is 1.14 bits per heavy atom. The second kappa shape index (κ2) is 7.01. The molecule has 0 saturated carbocycles. The van der Waals surface area contributed by atoms with Gasteiger partial charge in [0.25, 0.3) is 5.95 Å². The number of rotatable bonds is 7. The average molecular weight is 290 g/mol. The minimum absolute atomic E-state index is 0.286. The monoisotopic (exact) mass is 290 g/mol. The number of ether oxygens (including phenoxy) is 1. The number of nitrogens with zero attached hydrogens (tertiary/aromatic N) is 5. The molecule has 1 N–H and O–H groups in total. The van der Waals surface area contributed by atoms with Crippen molar-refractivity contribution in [2.75, 3.05) is 19.0 Å². The van der Waals surface area contributed by atoms with Crippen LogP contribution < -0.4 is 10.1 Å². The zero-order valence-electron chi connectivity index (χ0n) is 13.1. The maximum atomic E-state index is 5.16. The van der Waals surface area contributed by atoms with E-state index in [1.807, 2.05) is 0 Å². The molecule has 0 aliphatic rings. The van der Waals surface area contributed by atoms with E-state index in [0.29, 0.717) is 11.9 Å². The highest BCUT2D eigenvalue weighted by Gasteiger charge is 2.13. The fourth-order valence-corrected chi connectivity index (χ4v) is 1.92. The lowest BCUT2D eigenvalue weighted by Crippen LogP contribution is -2.12. The van der Waals surface area contributed by atoms with E-state index < -0.39 is 0 Å². The van der Waals surface area contributed by atoms with Crippen molar-refractivity contribution in [1.29, 1.82) is 0 Å². The molecule has 0 bridgehead atoms. The van der Waals surface area contributed by atoms with Crippen LogP contribution in [-0.4, -0.2) is 38.4 Å². The summed E-state index contributed by atoms with van der Waals surface area (Å²) in [6.07, 6.45) is 2.73. The van der Waals surface area contributed by atoms with Crippen LogP contribution in [0.2, 0.25) is 0 Å². The first-order valence-electron chi connectivity index (χ1n) is 7.33. The molecule has 2 aromatic rings. The van der Waals surface area contributed by atoms with E-state index >= 15 is 0 Å². The van der Waals surface area contributed by atoms with E-state index in [-0.39, 0.29) is 6.01 Å². The number of aromatic nitrogens is 5. The molecule has 0 aliphatic heterocycles. The highest BCUT2D eigenvalue weighted by molar-refractivity contribution is 5.31. The molecular formula is C14H22N6O. The standard InChI is InChI=1S/C14H22N6O/c1-5-8-15-12-16-13(18-14(17-12)21-4)20-11(7-3)9-10(6-2)19-20/h9H,5-8H2,1-4H3,(H,15,16,17,18). The third-order valence-corrected chi connectivity index (χ3v) is 3.07. The van der Waals surface area contributed by atoms with E-state index in [4.69, 9.17) is 4.74 Å². The summed E-state index contributed by atoms with van der Waals surface area (Å²) >= 11 is 0. The number of methoxy groups -OCH3 is 1.